The van der Waals surface area contributed by atoms with Gasteiger partial charge in [0.2, 0.25) is 5.91 Å². The molecule has 33 heavy (non-hydrogen) atoms. The van der Waals surface area contributed by atoms with Crippen molar-refractivity contribution in [2.24, 2.45) is 5.92 Å². The third-order valence-electron chi connectivity index (χ3n) is 5.82. The van der Waals surface area contributed by atoms with E-state index in [-0.39, 0.29) is 31.5 Å². The molecule has 0 fully saturated rings. The van der Waals surface area contributed by atoms with Crippen LogP contribution in [0.5, 0.6) is 0 Å². The minimum atomic E-state index is -1.18. The largest absolute Gasteiger partial charge is 0.480 e. The van der Waals surface area contributed by atoms with E-state index in [9.17, 15) is 19.5 Å². The molecule has 8 heteroatoms. The number of carbonyl (C=O) groups is 3. The maximum absolute atomic E-state index is 12.6. The Hall–Kier alpha value is -3.39. The molecule has 0 bridgehead atoms. The monoisotopic (exact) mass is 454 g/mol. The van der Waals surface area contributed by atoms with Gasteiger partial charge >= 0.3 is 12.1 Å². The van der Waals surface area contributed by atoms with Crippen molar-refractivity contribution >= 4 is 18.0 Å². The molecule has 1 aliphatic rings. The van der Waals surface area contributed by atoms with Gasteiger partial charge in [0.05, 0.1) is 6.61 Å². The second-order valence-corrected chi connectivity index (χ2v) is 8.44. The van der Waals surface area contributed by atoms with Crippen LogP contribution in [0.15, 0.2) is 48.5 Å². The number of fused-ring (bicyclic) bond motifs is 3. The molecule has 0 radical (unpaired) electrons. The van der Waals surface area contributed by atoms with Crippen LogP contribution in [0.25, 0.3) is 11.1 Å². The molecule has 2 aromatic carbocycles. The van der Waals surface area contributed by atoms with E-state index in [0.717, 1.165) is 22.3 Å². The molecule has 2 amide bonds. The van der Waals surface area contributed by atoms with Crippen molar-refractivity contribution in [2.75, 3.05) is 20.3 Å². The molecule has 3 N–H and O–H groups in total. The highest BCUT2D eigenvalue weighted by Crippen LogP contribution is 2.44. The molecule has 0 saturated carbocycles. The van der Waals surface area contributed by atoms with Crippen molar-refractivity contribution in [3.63, 3.8) is 0 Å². The summed E-state index contributed by atoms with van der Waals surface area (Å²) in [4.78, 5) is 36.1. The first-order valence-electron chi connectivity index (χ1n) is 10.9. The number of aliphatic carboxylic acids is 1. The van der Waals surface area contributed by atoms with Crippen LogP contribution in [0.1, 0.15) is 37.3 Å². The number of hydrogen-bond acceptors (Lipinski definition) is 5. The highest BCUT2D eigenvalue weighted by molar-refractivity contribution is 5.84. The van der Waals surface area contributed by atoms with Gasteiger partial charge in [-0.1, -0.05) is 62.4 Å². The van der Waals surface area contributed by atoms with E-state index < -0.39 is 30.1 Å². The van der Waals surface area contributed by atoms with Gasteiger partial charge in [0.15, 0.2) is 6.04 Å². The Labute approximate surface area is 193 Å². The van der Waals surface area contributed by atoms with Gasteiger partial charge < -0.3 is 25.2 Å². The summed E-state index contributed by atoms with van der Waals surface area (Å²) in [5.41, 5.74) is 4.51. The topological polar surface area (TPSA) is 114 Å². The molecule has 2 atom stereocenters. The molecule has 1 aliphatic carbocycles. The number of alkyl carbamates (subject to hydrolysis) is 1. The fourth-order valence-corrected chi connectivity index (χ4v) is 4.04. The van der Waals surface area contributed by atoms with Crippen molar-refractivity contribution in [3.05, 3.63) is 59.7 Å². The average molecular weight is 455 g/mol. The van der Waals surface area contributed by atoms with Gasteiger partial charge in [-0.05, 0) is 28.2 Å². The van der Waals surface area contributed by atoms with Crippen LogP contribution < -0.4 is 10.6 Å². The van der Waals surface area contributed by atoms with Crippen LogP contribution in [-0.4, -0.2) is 55.5 Å². The number of carboxylic acids is 1. The lowest BCUT2D eigenvalue weighted by molar-refractivity contribution is -0.143. The molecule has 0 unspecified atom stereocenters. The summed E-state index contributed by atoms with van der Waals surface area (Å²) in [7, 11) is 1.36. The summed E-state index contributed by atoms with van der Waals surface area (Å²) < 4.78 is 10.4. The number of hydrogen-bond donors (Lipinski definition) is 3. The number of carbonyl (C=O) groups excluding carboxylic acids is 2. The standard InChI is InChI=1S/C25H30N2O6/c1-15(2)21(12-23(28)26-22(14-32-3)24(29)30)27-25(31)33-13-20-18-10-6-4-8-16(18)17-9-5-7-11-19(17)20/h4-11,15,20-22H,12-14H2,1-3H3,(H,26,28)(H,27,31)(H,29,30)/t21-,22-/m0/s1. The fourth-order valence-electron chi connectivity index (χ4n) is 4.04. The van der Waals surface area contributed by atoms with Crippen LogP contribution in [0.4, 0.5) is 4.79 Å². The Kier molecular flexibility index (Phi) is 8.06. The van der Waals surface area contributed by atoms with E-state index in [1.807, 2.05) is 50.2 Å². The summed E-state index contributed by atoms with van der Waals surface area (Å²) in [5.74, 6) is -1.80. The Morgan fingerprint density at radius 3 is 2.06 bits per heavy atom. The van der Waals surface area contributed by atoms with Gasteiger partial charge in [-0.3, -0.25) is 4.79 Å². The number of amides is 2. The van der Waals surface area contributed by atoms with E-state index in [1.54, 1.807) is 0 Å². The van der Waals surface area contributed by atoms with Crippen LogP contribution in [0, 0.1) is 5.92 Å². The minimum absolute atomic E-state index is 0.0608. The summed E-state index contributed by atoms with van der Waals surface area (Å²) in [5, 5.41) is 14.3. The normalized spacial score (nSPS) is 14.2. The van der Waals surface area contributed by atoms with E-state index >= 15 is 0 Å². The first kappa shape index (κ1) is 24.3. The lowest BCUT2D eigenvalue weighted by atomic mass is 9.98. The average Bonchev–Trinajstić information content (AvgIpc) is 3.10. The number of rotatable bonds is 10. The van der Waals surface area contributed by atoms with Gasteiger partial charge in [-0.2, -0.15) is 0 Å². The van der Waals surface area contributed by atoms with Gasteiger partial charge in [0, 0.05) is 25.5 Å². The third kappa shape index (κ3) is 5.90. The summed E-state index contributed by atoms with van der Waals surface area (Å²) >= 11 is 0. The van der Waals surface area contributed by atoms with Crippen LogP contribution in [0.2, 0.25) is 0 Å². The molecule has 3 rings (SSSR count). The zero-order valence-corrected chi connectivity index (χ0v) is 19.0. The lowest BCUT2D eigenvalue weighted by Crippen LogP contribution is -2.48. The molecule has 176 valence electrons. The number of methoxy groups -OCH3 is 1. The zero-order chi connectivity index (χ0) is 24.0. The van der Waals surface area contributed by atoms with Crippen molar-refractivity contribution in [3.8, 4) is 11.1 Å². The maximum atomic E-state index is 12.6. The van der Waals surface area contributed by atoms with Crippen LogP contribution >= 0.6 is 0 Å². The lowest BCUT2D eigenvalue weighted by Gasteiger charge is -2.23. The molecule has 0 spiro atoms. The molecular weight excluding hydrogens is 424 g/mol. The first-order valence-corrected chi connectivity index (χ1v) is 10.9. The van der Waals surface area contributed by atoms with Crippen LogP contribution in [-0.2, 0) is 19.1 Å². The number of ether oxygens (including phenoxy) is 2. The highest BCUT2D eigenvalue weighted by atomic mass is 16.5. The van der Waals surface area contributed by atoms with E-state index in [4.69, 9.17) is 9.47 Å². The van der Waals surface area contributed by atoms with Crippen LogP contribution in [0.3, 0.4) is 0 Å². The van der Waals surface area contributed by atoms with Crippen molar-refractivity contribution in [1.29, 1.82) is 0 Å². The number of carboxylic acid groups (broad SMARTS) is 1. The van der Waals surface area contributed by atoms with Crippen molar-refractivity contribution < 1.29 is 29.0 Å². The maximum Gasteiger partial charge on any atom is 0.407 e. The Morgan fingerprint density at radius 1 is 0.970 bits per heavy atom. The van der Waals surface area contributed by atoms with E-state index in [2.05, 4.69) is 22.8 Å². The Morgan fingerprint density at radius 2 is 1.55 bits per heavy atom. The smallest absolute Gasteiger partial charge is 0.407 e. The minimum Gasteiger partial charge on any atom is -0.480 e. The third-order valence-corrected chi connectivity index (χ3v) is 5.82. The highest BCUT2D eigenvalue weighted by Gasteiger charge is 2.30. The zero-order valence-electron chi connectivity index (χ0n) is 19.0. The predicted octanol–water partition coefficient (Wildman–Crippen LogP) is 3.16. The molecular formula is C25H30N2O6. The fraction of sp³-hybridized carbons (Fsp3) is 0.400. The molecule has 0 saturated heterocycles. The Balaban J connectivity index is 1.60. The van der Waals surface area contributed by atoms with Crippen molar-refractivity contribution in [2.45, 2.75) is 38.3 Å². The molecule has 0 aromatic heterocycles. The van der Waals surface area contributed by atoms with Crippen molar-refractivity contribution in [1.82, 2.24) is 10.6 Å². The molecule has 2 aromatic rings. The number of nitrogens with one attached hydrogen (secondary N) is 2. The predicted molar refractivity (Wildman–Crippen MR) is 123 cm³/mol. The Bertz CT molecular complexity index is 960. The summed E-state index contributed by atoms with van der Waals surface area (Å²) in [6.45, 7) is 3.76. The quantitative estimate of drug-likeness (QED) is 0.508. The number of benzene rings is 2. The second-order valence-electron chi connectivity index (χ2n) is 8.44. The summed E-state index contributed by atoms with van der Waals surface area (Å²) in [6.07, 6.45) is -0.690. The second kappa shape index (κ2) is 11.0. The van der Waals surface area contributed by atoms with E-state index in [0.29, 0.717) is 0 Å². The van der Waals surface area contributed by atoms with Gasteiger partial charge in [0.1, 0.15) is 6.61 Å². The van der Waals surface area contributed by atoms with E-state index in [1.165, 1.54) is 7.11 Å². The molecule has 0 heterocycles. The SMILES string of the molecule is COC[C@H](NC(=O)C[C@H](NC(=O)OCC1c2ccccc2-c2ccccc21)C(C)C)C(=O)O. The van der Waals surface area contributed by atoms with Gasteiger partial charge in [0.25, 0.3) is 0 Å². The first-order chi connectivity index (χ1) is 15.8. The van der Waals surface area contributed by atoms with Gasteiger partial charge in [-0.25, -0.2) is 9.59 Å². The molecule has 8 nitrogen and oxygen atoms in total. The van der Waals surface area contributed by atoms with Gasteiger partial charge in [-0.15, -0.1) is 0 Å². The summed E-state index contributed by atoms with van der Waals surface area (Å²) in [6, 6.07) is 14.5. The molecule has 0 aliphatic heterocycles.